The lowest BCUT2D eigenvalue weighted by molar-refractivity contribution is 0.400. The van der Waals surface area contributed by atoms with Crippen molar-refractivity contribution < 1.29 is 4.74 Å². The van der Waals surface area contributed by atoms with Crippen LogP contribution in [-0.2, 0) is 6.42 Å². The molecule has 0 amide bonds. The van der Waals surface area contributed by atoms with Crippen LogP contribution in [0.15, 0.2) is 36.4 Å². The van der Waals surface area contributed by atoms with Crippen LogP contribution in [-0.4, -0.2) is 30.2 Å². The maximum absolute atomic E-state index is 6.46. The van der Waals surface area contributed by atoms with Crippen LogP contribution in [0.5, 0.6) is 5.75 Å². The summed E-state index contributed by atoms with van der Waals surface area (Å²) in [5.41, 5.74) is 4.16. The standard InChI is InChI=1S/C19H17ClN4O/c1-25-16-7-6-12(20)11-8-9-24-15(17(11)16)10-21-18-19(24)23-14-5-3-2-4-13(14)22-18/h2-7,15H,8-10H2,1H3,(H,21,22). The summed E-state index contributed by atoms with van der Waals surface area (Å²) in [5.74, 6) is 2.63. The molecule has 2 aliphatic rings. The van der Waals surface area contributed by atoms with Crippen molar-refractivity contribution in [3.05, 3.63) is 52.5 Å². The number of halogens is 1. The number of anilines is 2. The van der Waals surface area contributed by atoms with Gasteiger partial charge in [-0.3, -0.25) is 0 Å². The molecule has 3 aromatic rings. The molecule has 1 unspecified atom stereocenters. The number of rotatable bonds is 1. The molecule has 1 N–H and O–H groups in total. The second-order valence-electron chi connectivity index (χ2n) is 6.37. The van der Waals surface area contributed by atoms with Crippen LogP contribution < -0.4 is 15.0 Å². The van der Waals surface area contributed by atoms with E-state index in [1.165, 1.54) is 5.56 Å². The van der Waals surface area contributed by atoms with Gasteiger partial charge < -0.3 is 15.0 Å². The number of hydrogen-bond donors (Lipinski definition) is 1. The predicted octanol–water partition coefficient (Wildman–Crippen LogP) is 3.82. The zero-order valence-electron chi connectivity index (χ0n) is 13.8. The molecule has 126 valence electrons. The van der Waals surface area contributed by atoms with E-state index in [1.54, 1.807) is 7.11 Å². The highest BCUT2D eigenvalue weighted by molar-refractivity contribution is 6.31. The Morgan fingerprint density at radius 1 is 1.16 bits per heavy atom. The molecule has 6 heteroatoms. The molecule has 0 saturated carbocycles. The van der Waals surface area contributed by atoms with Crippen LogP contribution in [0.3, 0.4) is 0 Å². The Bertz CT molecular complexity index is 991. The van der Waals surface area contributed by atoms with E-state index in [1.807, 2.05) is 36.4 Å². The Labute approximate surface area is 150 Å². The molecular formula is C19H17ClN4O. The fraction of sp³-hybridized carbons (Fsp3) is 0.263. The minimum Gasteiger partial charge on any atom is -0.496 e. The van der Waals surface area contributed by atoms with Gasteiger partial charge in [0.15, 0.2) is 11.6 Å². The van der Waals surface area contributed by atoms with E-state index in [0.29, 0.717) is 0 Å². The highest BCUT2D eigenvalue weighted by atomic mass is 35.5. The van der Waals surface area contributed by atoms with Crippen LogP contribution in [0, 0.1) is 0 Å². The van der Waals surface area contributed by atoms with Gasteiger partial charge in [-0.15, -0.1) is 0 Å². The molecular weight excluding hydrogens is 336 g/mol. The Morgan fingerprint density at radius 3 is 2.76 bits per heavy atom. The van der Waals surface area contributed by atoms with Gasteiger partial charge in [0.2, 0.25) is 0 Å². The van der Waals surface area contributed by atoms with Crippen molar-refractivity contribution >= 4 is 34.3 Å². The van der Waals surface area contributed by atoms with E-state index in [-0.39, 0.29) is 6.04 Å². The first-order valence-electron chi connectivity index (χ1n) is 8.39. The van der Waals surface area contributed by atoms with Crippen LogP contribution in [0.4, 0.5) is 11.6 Å². The van der Waals surface area contributed by atoms with Gasteiger partial charge in [0.1, 0.15) is 5.75 Å². The number of nitrogens with zero attached hydrogens (tertiary/aromatic N) is 3. The molecule has 0 fully saturated rings. The van der Waals surface area contributed by atoms with E-state index in [9.17, 15) is 0 Å². The van der Waals surface area contributed by atoms with Crippen LogP contribution in [0.2, 0.25) is 5.02 Å². The highest BCUT2D eigenvalue weighted by Crippen LogP contribution is 2.45. The quantitative estimate of drug-likeness (QED) is 0.721. The number of hydrogen-bond acceptors (Lipinski definition) is 5. The van der Waals surface area contributed by atoms with Gasteiger partial charge in [0.25, 0.3) is 0 Å². The molecule has 1 aromatic heterocycles. The van der Waals surface area contributed by atoms with Crippen molar-refractivity contribution in [1.29, 1.82) is 0 Å². The van der Waals surface area contributed by atoms with Crippen molar-refractivity contribution in [3.63, 3.8) is 0 Å². The molecule has 2 aliphatic heterocycles. The first kappa shape index (κ1) is 14.8. The Balaban J connectivity index is 1.68. The molecule has 5 rings (SSSR count). The predicted molar refractivity (Wildman–Crippen MR) is 99.8 cm³/mol. The number of benzene rings is 2. The lowest BCUT2D eigenvalue weighted by atomic mass is 9.90. The summed E-state index contributed by atoms with van der Waals surface area (Å²) < 4.78 is 5.63. The number of ether oxygens (including phenoxy) is 1. The number of aromatic nitrogens is 2. The molecule has 0 bridgehead atoms. The van der Waals surface area contributed by atoms with Crippen molar-refractivity contribution in [1.82, 2.24) is 9.97 Å². The molecule has 3 heterocycles. The van der Waals surface area contributed by atoms with Gasteiger partial charge in [-0.05, 0) is 36.2 Å². The van der Waals surface area contributed by atoms with Gasteiger partial charge in [0, 0.05) is 23.7 Å². The number of para-hydroxylation sites is 2. The summed E-state index contributed by atoms with van der Waals surface area (Å²) in [6, 6.07) is 12.0. The molecule has 2 aromatic carbocycles. The summed E-state index contributed by atoms with van der Waals surface area (Å²) in [6.45, 7) is 1.62. The first-order chi connectivity index (χ1) is 12.3. The van der Waals surface area contributed by atoms with E-state index in [0.717, 1.165) is 58.5 Å². The maximum atomic E-state index is 6.46. The second kappa shape index (κ2) is 5.49. The molecule has 1 atom stereocenters. The number of methoxy groups -OCH3 is 1. The second-order valence-corrected chi connectivity index (χ2v) is 6.77. The van der Waals surface area contributed by atoms with E-state index >= 15 is 0 Å². The monoisotopic (exact) mass is 352 g/mol. The largest absolute Gasteiger partial charge is 0.496 e. The Kier molecular flexibility index (Phi) is 3.25. The van der Waals surface area contributed by atoms with E-state index in [4.69, 9.17) is 26.3 Å². The fourth-order valence-corrected chi connectivity index (χ4v) is 4.19. The topological polar surface area (TPSA) is 50.3 Å². The average molecular weight is 353 g/mol. The third-order valence-electron chi connectivity index (χ3n) is 5.08. The smallest absolute Gasteiger partial charge is 0.172 e. The van der Waals surface area contributed by atoms with Crippen LogP contribution >= 0.6 is 11.6 Å². The summed E-state index contributed by atoms with van der Waals surface area (Å²) in [6.07, 6.45) is 0.871. The van der Waals surface area contributed by atoms with Gasteiger partial charge in [-0.25, -0.2) is 9.97 Å². The summed E-state index contributed by atoms with van der Waals surface area (Å²) in [4.78, 5) is 12.0. The number of fused-ring (bicyclic) bond motifs is 6. The molecule has 5 nitrogen and oxygen atoms in total. The first-order valence-corrected chi connectivity index (χ1v) is 8.76. The zero-order valence-corrected chi connectivity index (χ0v) is 14.5. The van der Waals surface area contributed by atoms with Gasteiger partial charge in [0.05, 0.1) is 24.2 Å². The minimum absolute atomic E-state index is 0.139. The van der Waals surface area contributed by atoms with Crippen molar-refractivity contribution in [2.75, 3.05) is 30.4 Å². The fourth-order valence-electron chi connectivity index (χ4n) is 3.93. The molecule has 0 spiro atoms. The van der Waals surface area contributed by atoms with Gasteiger partial charge in [-0.1, -0.05) is 23.7 Å². The normalized spacial score (nSPS) is 18.2. The van der Waals surface area contributed by atoms with E-state index < -0.39 is 0 Å². The van der Waals surface area contributed by atoms with E-state index in [2.05, 4.69) is 10.2 Å². The lowest BCUT2D eigenvalue weighted by Crippen LogP contribution is -2.43. The van der Waals surface area contributed by atoms with Crippen LogP contribution in [0.25, 0.3) is 11.0 Å². The highest BCUT2D eigenvalue weighted by Gasteiger charge is 2.36. The summed E-state index contributed by atoms with van der Waals surface area (Å²) in [5, 5.41) is 4.26. The average Bonchev–Trinajstić information content (AvgIpc) is 2.66. The molecule has 0 aliphatic carbocycles. The Morgan fingerprint density at radius 2 is 1.96 bits per heavy atom. The zero-order chi connectivity index (χ0) is 17.0. The third kappa shape index (κ3) is 2.15. The maximum Gasteiger partial charge on any atom is 0.172 e. The van der Waals surface area contributed by atoms with Crippen LogP contribution in [0.1, 0.15) is 17.2 Å². The van der Waals surface area contributed by atoms with Gasteiger partial charge >= 0.3 is 0 Å². The molecule has 0 saturated heterocycles. The summed E-state index contributed by atoms with van der Waals surface area (Å²) in [7, 11) is 1.71. The van der Waals surface area contributed by atoms with Crippen molar-refractivity contribution in [3.8, 4) is 5.75 Å². The summed E-state index contributed by atoms with van der Waals surface area (Å²) >= 11 is 6.46. The van der Waals surface area contributed by atoms with Crippen molar-refractivity contribution in [2.45, 2.75) is 12.5 Å². The lowest BCUT2D eigenvalue weighted by Gasteiger charge is -2.42. The molecule has 25 heavy (non-hydrogen) atoms. The SMILES string of the molecule is COc1ccc(Cl)c2c1C1CNc3nc4ccccc4nc3N1CC2. The number of nitrogens with one attached hydrogen (secondary N) is 1. The minimum atomic E-state index is 0.139. The third-order valence-corrected chi connectivity index (χ3v) is 5.43. The molecule has 0 radical (unpaired) electrons. The Hall–Kier alpha value is -2.53. The van der Waals surface area contributed by atoms with Gasteiger partial charge in [-0.2, -0.15) is 0 Å². The van der Waals surface area contributed by atoms with Crippen molar-refractivity contribution in [2.24, 2.45) is 0 Å².